The van der Waals surface area contributed by atoms with Crippen molar-refractivity contribution in [3.05, 3.63) is 59.5 Å². The molecule has 0 atom stereocenters. The molecule has 122 valence electrons. The first kappa shape index (κ1) is 15.7. The number of carbonyl (C=O) groups excluding carboxylic acids is 1. The number of nitrogens with one attached hydrogen (secondary N) is 1. The summed E-state index contributed by atoms with van der Waals surface area (Å²) in [6.45, 7) is 1.19. The lowest BCUT2D eigenvalue weighted by atomic mass is 10.2. The zero-order chi connectivity index (χ0) is 16.9. The normalized spacial score (nSPS) is 13.8. The highest BCUT2D eigenvalue weighted by atomic mass is 19.1. The van der Waals surface area contributed by atoms with Gasteiger partial charge >= 0.3 is 6.03 Å². The summed E-state index contributed by atoms with van der Waals surface area (Å²) < 4.78 is 18.5. The van der Waals surface area contributed by atoms with Gasteiger partial charge < -0.3 is 15.0 Å². The van der Waals surface area contributed by atoms with Gasteiger partial charge in [-0.15, -0.1) is 0 Å². The maximum atomic E-state index is 12.8. The molecule has 1 aliphatic heterocycles. The molecule has 0 radical (unpaired) electrons. The maximum Gasteiger partial charge on any atom is 0.317 e. The Bertz CT molecular complexity index is 767. The van der Waals surface area contributed by atoms with Gasteiger partial charge in [-0.05, 0) is 29.8 Å². The average molecular weight is 326 g/mol. The Balaban J connectivity index is 1.45. The van der Waals surface area contributed by atoms with E-state index in [9.17, 15) is 9.18 Å². The van der Waals surface area contributed by atoms with E-state index in [-0.39, 0.29) is 23.8 Å². The number of nitriles is 1. The molecule has 0 saturated carbocycles. The molecule has 1 aromatic heterocycles. The molecule has 0 bridgehead atoms. The summed E-state index contributed by atoms with van der Waals surface area (Å²) in [5.74, 6) is -0.0181. The SMILES string of the molecule is N#Cc1cccnc1OC1CN(C(=O)NCc2ccc(F)cc2)C1. The molecule has 1 N–H and O–H groups in total. The number of urea groups is 1. The fourth-order valence-electron chi connectivity index (χ4n) is 2.30. The van der Waals surface area contributed by atoms with Crippen LogP contribution in [0.2, 0.25) is 0 Å². The van der Waals surface area contributed by atoms with Crippen molar-refractivity contribution < 1.29 is 13.9 Å². The standard InChI is InChI=1S/C17H15FN4O2/c18-14-5-3-12(4-6-14)9-21-17(23)22-10-15(11-22)24-16-13(8-19)2-1-7-20-16/h1-7,15H,9-11H2,(H,21,23). The first-order valence-electron chi connectivity index (χ1n) is 7.44. The van der Waals surface area contributed by atoms with Crippen LogP contribution in [0.15, 0.2) is 42.6 Å². The summed E-state index contributed by atoms with van der Waals surface area (Å²) in [4.78, 5) is 17.6. The van der Waals surface area contributed by atoms with Gasteiger partial charge in [0, 0.05) is 12.7 Å². The van der Waals surface area contributed by atoms with Crippen LogP contribution in [0.4, 0.5) is 9.18 Å². The summed E-state index contributed by atoms with van der Waals surface area (Å²) in [5, 5.41) is 11.8. The fraction of sp³-hybridized carbons (Fsp3) is 0.235. The van der Waals surface area contributed by atoms with Crippen LogP contribution in [0.25, 0.3) is 0 Å². The third kappa shape index (κ3) is 3.60. The number of ether oxygens (including phenoxy) is 1. The second-order valence-corrected chi connectivity index (χ2v) is 5.40. The molecule has 3 rings (SSSR count). The van der Waals surface area contributed by atoms with Gasteiger partial charge in [0.25, 0.3) is 0 Å². The third-order valence-corrected chi connectivity index (χ3v) is 3.66. The summed E-state index contributed by atoms with van der Waals surface area (Å²) in [7, 11) is 0. The average Bonchev–Trinajstić information content (AvgIpc) is 2.57. The van der Waals surface area contributed by atoms with Crippen molar-refractivity contribution in [2.75, 3.05) is 13.1 Å². The van der Waals surface area contributed by atoms with Crippen molar-refractivity contribution in [1.82, 2.24) is 15.2 Å². The van der Waals surface area contributed by atoms with E-state index in [0.717, 1.165) is 5.56 Å². The van der Waals surface area contributed by atoms with Crippen molar-refractivity contribution in [1.29, 1.82) is 5.26 Å². The highest BCUT2D eigenvalue weighted by Gasteiger charge is 2.32. The molecule has 2 amide bonds. The van der Waals surface area contributed by atoms with Crippen molar-refractivity contribution in [2.45, 2.75) is 12.6 Å². The number of likely N-dealkylation sites (tertiary alicyclic amines) is 1. The number of halogens is 1. The zero-order valence-corrected chi connectivity index (χ0v) is 12.8. The lowest BCUT2D eigenvalue weighted by Crippen LogP contribution is -2.58. The van der Waals surface area contributed by atoms with E-state index in [1.807, 2.05) is 6.07 Å². The van der Waals surface area contributed by atoms with Crippen LogP contribution in [0, 0.1) is 17.1 Å². The molecular formula is C17H15FN4O2. The largest absolute Gasteiger partial charge is 0.470 e. The minimum atomic E-state index is -0.306. The molecule has 2 heterocycles. The summed E-state index contributed by atoms with van der Waals surface area (Å²) in [6.07, 6.45) is 1.38. The Kier molecular flexibility index (Phi) is 4.57. The Morgan fingerprint density at radius 1 is 1.38 bits per heavy atom. The first-order chi connectivity index (χ1) is 11.7. The number of benzene rings is 1. The molecule has 0 spiro atoms. The smallest absolute Gasteiger partial charge is 0.317 e. The van der Waals surface area contributed by atoms with Crippen LogP contribution in [-0.4, -0.2) is 35.1 Å². The van der Waals surface area contributed by atoms with E-state index in [0.29, 0.717) is 25.2 Å². The van der Waals surface area contributed by atoms with Crippen molar-refractivity contribution >= 4 is 6.03 Å². The van der Waals surface area contributed by atoms with Gasteiger partial charge in [0.2, 0.25) is 5.88 Å². The number of pyridine rings is 1. The molecule has 1 aliphatic rings. The van der Waals surface area contributed by atoms with E-state index in [4.69, 9.17) is 10.00 Å². The van der Waals surface area contributed by atoms with Gasteiger partial charge in [-0.2, -0.15) is 5.26 Å². The molecule has 1 aromatic carbocycles. The highest BCUT2D eigenvalue weighted by molar-refractivity contribution is 5.75. The Morgan fingerprint density at radius 2 is 2.12 bits per heavy atom. The maximum absolute atomic E-state index is 12.8. The highest BCUT2D eigenvalue weighted by Crippen LogP contribution is 2.19. The van der Waals surface area contributed by atoms with Crippen LogP contribution >= 0.6 is 0 Å². The second-order valence-electron chi connectivity index (χ2n) is 5.40. The monoisotopic (exact) mass is 326 g/mol. The predicted molar refractivity (Wildman–Crippen MR) is 83.6 cm³/mol. The van der Waals surface area contributed by atoms with E-state index < -0.39 is 0 Å². The van der Waals surface area contributed by atoms with Crippen molar-refractivity contribution in [2.24, 2.45) is 0 Å². The molecule has 0 aliphatic carbocycles. The number of hydrogen-bond acceptors (Lipinski definition) is 4. The summed E-state index contributed by atoms with van der Waals surface area (Å²) in [5.41, 5.74) is 1.20. The van der Waals surface area contributed by atoms with Gasteiger partial charge in [0.15, 0.2) is 0 Å². The van der Waals surface area contributed by atoms with E-state index in [2.05, 4.69) is 10.3 Å². The number of amides is 2. The van der Waals surface area contributed by atoms with Crippen molar-refractivity contribution in [3.63, 3.8) is 0 Å². The fourth-order valence-corrected chi connectivity index (χ4v) is 2.30. The number of nitrogens with zero attached hydrogens (tertiary/aromatic N) is 3. The molecule has 1 fully saturated rings. The van der Waals surface area contributed by atoms with Crippen LogP contribution in [0.1, 0.15) is 11.1 Å². The minimum Gasteiger partial charge on any atom is -0.470 e. The van der Waals surface area contributed by atoms with Gasteiger partial charge in [0.1, 0.15) is 23.6 Å². The number of rotatable bonds is 4. The number of carbonyl (C=O) groups is 1. The van der Waals surface area contributed by atoms with Crippen LogP contribution < -0.4 is 10.1 Å². The van der Waals surface area contributed by atoms with Gasteiger partial charge in [-0.3, -0.25) is 0 Å². The molecule has 2 aromatic rings. The number of hydrogen-bond donors (Lipinski definition) is 1. The summed E-state index contributed by atoms with van der Waals surface area (Å²) in [6, 6.07) is 11.1. The van der Waals surface area contributed by atoms with E-state index in [1.54, 1.807) is 35.4 Å². The minimum absolute atomic E-state index is 0.177. The van der Waals surface area contributed by atoms with Gasteiger partial charge in [-0.1, -0.05) is 12.1 Å². The van der Waals surface area contributed by atoms with Gasteiger partial charge in [0.05, 0.1) is 13.1 Å². The van der Waals surface area contributed by atoms with E-state index >= 15 is 0 Å². The molecule has 24 heavy (non-hydrogen) atoms. The molecule has 7 heteroatoms. The quantitative estimate of drug-likeness (QED) is 0.933. The van der Waals surface area contributed by atoms with Crippen LogP contribution in [0.3, 0.4) is 0 Å². The van der Waals surface area contributed by atoms with E-state index in [1.165, 1.54) is 12.1 Å². The molecular weight excluding hydrogens is 311 g/mol. The predicted octanol–water partition coefficient (Wildman–Crippen LogP) is 2.07. The van der Waals surface area contributed by atoms with Crippen molar-refractivity contribution in [3.8, 4) is 11.9 Å². The lowest BCUT2D eigenvalue weighted by molar-refractivity contribution is 0.0411. The lowest BCUT2D eigenvalue weighted by Gasteiger charge is -2.38. The third-order valence-electron chi connectivity index (χ3n) is 3.66. The molecule has 1 saturated heterocycles. The first-order valence-corrected chi connectivity index (χ1v) is 7.44. The van der Waals surface area contributed by atoms with Gasteiger partial charge in [-0.25, -0.2) is 14.2 Å². The summed E-state index contributed by atoms with van der Waals surface area (Å²) >= 11 is 0. The molecule has 6 nitrogen and oxygen atoms in total. The molecule has 0 unspecified atom stereocenters. The number of aromatic nitrogens is 1. The Hall–Kier alpha value is -3.14. The second kappa shape index (κ2) is 6.96. The Labute approximate surface area is 138 Å². The van der Waals surface area contributed by atoms with Crippen LogP contribution in [0.5, 0.6) is 5.88 Å². The topological polar surface area (TPSA) is 78.2 Å². The Morgan fingerprint density at radius 3 is 2.83 bits per heavy atom. The zero-order valence-electron chi connectivity index (χ0n) is 12.8. The van der Waals surface area contributed by atoms with Crippen LogP contribution in [-0.2, 0) is 6.54 Å².